The topological polar surface area (TPSA) is 95.1 Å². The Kier molecular flexibility index (Phi) is 4.41. The minimum absolute atomic E-state index is 0.275. The lowest BCUT2D eigenvalue weighted by Gasteiger charge is -2.09. The van der Waals surface area contributed by atoms with E-state index in [-0.39, 0.29) is 11.7 Å². The third-order valence-corrected chi connectivity index (χ3v) is 4.46. The van der Waals surface area contributed by atoms with Gasteiger partial charge < -0.3 is 15.8 Å². The van der Waals surface area contributed by atoms with Crippen LogP contribution in [0.2, 0.25) is 0 Å². The molecule has 0 aliphatic carbocycles. The summed E-state index contributed by atoms with van der Waals surface area (Å²) in [6, 6.07) is 14.9. The van der Waals surface area contributed by atoms with Crippen LogP contribution in [0.25, 0.3) is 27.9 Å². The highest BCUT2D eigenvalue weighted by Crippen LogP contribution is 2.31. The van der Waals surface area contributed by atoms with E-state index in [0.717, 1.165) is 17.0 Å². The summed E-state index contributed by atoms with van der Waals surface area (Å²) >= 11 is 0. The highest BCUT2D eigenvalue weighted by atomic mass is 16.5. The van der Waals surface area contributed by atoms with Crippen LogP contribution in [0.15, 0.2) is 61.2 Å². The van der Waals surface area contributed by atoms with E-state index in [0.29, 0.717) is 28.8 Å². The maximum Gasteiger partial charge on any atom is 0.257 e. The number of carbonyl (C=O) groups excluding carboxylic acids is 1. The Morgan fingerprint density at radius 1 is 1.18 bits per heavy atom. The molecule has 0 atom stereocenters. The van der Waals surface area contributed by atoms with Gasteiger partial charge in [-0.15, -0.1) is 6.58 Å². The second kappa shape index (κ2) is 7.03. The van der Waals surface area contributed by atoms with E-state index < -0.39 is 0 Å². The van der Waals surface area contributed by atoms with E-state index >= 15 is 0 Å². The molecule has 0 saturated heterocycles. The quantitative estimate of drug-likeness (QED) is 0.524. The SMILES string of the molecule is C=CCNC(=O)c1c(N)n(-c2ccc(OC)cc2)c2nc3ccccc3nc12. The summed E-state index contributed by atoms with van der Waals surface area (Å²) in [4.78, 5) is 22.2. The number of ether oxygens (including phenoxy) is 1. The van der Waals surface area contributed by atoms with E-state index in [4.69, 9.17) is 15.5 Å². The number of rotatable bonds is 5. The molecule has 0 saturated carbocycles. The molecule has 0 spiro atoms. The molecule has 0 radical (unpaired) electrons. The van der Waals surface area contributed by atoms with Crippen LogP contribution >= 0.6 is 0 Å². The summed E-state index contributed by atoms with van der Waals surface area (Å²) in [6.45, 7) is 3.96. The average molecular weight is 373 g/mol. The van der Waals surface area contributed by atoms with Gasteiger partial charge in [0.1, 0.15) is 22.6 Å². The number of hydrogen-bond donors (Lipinski definition) is 2. The molecule has 2 heterocycles. The number of carbonyl (C=O) groups is 1. The molecule has 4 aromatic rings. The van der Waals surface area contributed by atoms with E-state index in [9.17, 15) is 4.79 Å². The predicted molar refractivity (Wildman–Crippen MR) is 110 cm³/mol. The lowest BCUT2D eigenvalue weighted by molar-refractivity contribution is 0.0960. The van der Waals surface area contributed by atoms with Crippen molar-refractivity contribution >= 4 is 33.9 Å². The molecule has 0 bridgehead atoms. The van der Waals surface area contributed by atoms with Crippen molar-refractivity contribution in [3.63, 3.8) is 0 Å². The lowest BCUT2D eigenvalue weighted by Crippen LogP contribution is -2.24. The van der Waals surface area contributed by atoms with Crippen LogP contribution in [-0.4, -0.2) is 34.1 Å². The molecule has 2 aromatic heterocycles. The van der Waals surface area contributed by atoms with E-state index in [2.05, 4.69) is 16.9 Å². The number of fused-ring (bicyclic) bond motifs is 2. The number of nitrogen functional groups attached to an aromatic ring is 1. The van der Waals surface area contributed by atoms with Crippen molar-refractivity contribution in [1.82, 2.24) is 19.9 Å². The fourth-order valence-corrected chi connectivity index (χ4v) is 3.13. The van der Waals surface area contributed by atoms with E-state index in [1.165, 1.54) is 0 Å². The maximum absolute atomic E-state index is 12.8. The van der Waals surface area contributed by atoms with Gasteiger partial charge in [-0.2, -0.15) is 0 Å². The molecule has 0 aliphatic rings. The summed E-state index contributed by atoms with van der Waals surface area (Å²) in [5, 5.41) is 2.77. The number of nitrogens with one attached hydrogen (secondary N) is 1. The van der Waals surface area contributed by atoms with Gasteiger partial charge >= 0.3 is 0 Å². The van der Waals surface area contributed by atoms with Crippen molar-refractivity contribution < 1.29 is 9.53 Å². The second-order valence-electron chi connectivity index (χ2n) is 6.18. The molecule has 7 nitrogen and oxygen atoms in total. The van der Waals surface area contributed by atoms with Crippen LogP contribution in [-0.2, 0) is 0 Å². The molecule has 2 aromatic carbocycles. The van der Waals surface area contributed by atoms with Gasteiger partial charge in [-0.25, -0.2) is 9.97 Å². The van der Waals surface area contributed by atoms with E-state index in [1.807, 2.05) is 48.5 Å². The highest BCUT2D eigenvalue weighted by molar-refractivity contribution is 6.11. The summed E-state index contributed by atoms with van der Waals surface area (Å²) in [5.74, 6) is 0.676. The number of amides is 1. The van der Waals surface area contributed by atoms with Crippen LogP contribution in [0.4, 0.5) is 5.82 Å². The Hall–Kier alpha value is -3.87. The van der Waals surface area contributed by atoms with Crippen LogP contribution in [0.1, 0.15) is 10.4 Å². The number of nitrogens with two attached hydrogens (primary N) is 1. The molecule has 3 N–H and O–H groups in total. The van der Waals surface area contributed by atoms with Crippen molar-refractivity contribution in [2.24, 2.45) is 0 Å². The van der Waals surface area contributed by atoms with Crippen molar-refractivity contribution in [2.45, 2.75) is 0 Å². The summed E-state index contributed by atoms with van der Waals surface area (Å²) < 4.78 is 6.96. The maximum atomic E-state index is 12.8. The third kappa shape index (κ3) is 2.83. The smallest absolute Gasteiger partial charge is 0.257 e. The van der Waals surface area contributed by atoms with Crippen molar-refractivity contribution in [3.8, 4) is 11.4 Å². The van der Waals surface area contributed by atoms with Crippen LogP contribution in [0, 0.1) is 0 Å². The number of methoxy groups -OCH3 is 1. The number of benzene rings is 2. The van der Waals surface area contributed by atoms with Gasteiger partial charge in [0.2, 0.25) is 0 Å². The summed E-state index contributed by atoms with van der Waals surface area (Å²) in [7, 11) is 1.61. The molecule has 1 amide bonds. The van der Waals surface area contributed by atoms with Crippen LogP contribution in [0.5, 0.6) is 5.75 Å². The normalized spacial score (nSPS) is 10.9. The molecule has 0 aliphatic heterocycles. The number of para-hydroxylation sites is 2. The van der Waals surface area contributed by atoms with Crippen molar-refractivity contribution in [2.75, 3.05) is 19.4 Å². The van der Waals surface area contributed by atoms with Crippen LogP contribution in [0.3, 0.4) is 0 Å². The number of hydrogen-bond acceptors (Lipinski definition) is 5. The van der Waals surface area contributed by atoms with Gasteiger partial charge in [0.05, 0.1) is 18.1 Å². The van der Waals surface area contributed by atoms with Crippen LogP contribution < -0.4 is 15.8 Å². The molecule has 28 heavy (non-hydrogen) atoms. The molecule has 7 heteroatoms. The van der Waals surface area contributed by atoms with Gasteiger partial charge in [-0.1, -0.05) is 18.2 Å². The van der Waals surface area contributed by atoms with Gasteiger partial charge in [0.15, 0.2) is 5.65 Å². The highest BCUT2D eigenvalue weighted by Gasteiger charge is 2.24. The van der Waals surface area contributed by atoms with Gasteiger partial charge in [0, 0.05) is 12.2 Å². The first-order chi connectivity index (χ1) is 13.6. The molecule has 0 unspecified atom stereocenters. The summed E-state index contributed by atoms with van der Waals surface area (Å²) in [6.07, 6.45) is 1.61. The molecule has 4 rings (SSSR count). The zero-order valence-corrected chi connectivity index (χ0v) is 15.3. The van der Waals surface area contributed by atoms with Gasteiger partial charge in [0.25, 0.3) is 5.91 Å². The van der Waals surface area contributed by atoms with Crippen molar-refractivity contribution in [3.05, 3.63) is 66.7 Å². The summed E-state index contributed by atoms with van der Waals surface area (Å²) in [5.41, 5.74) is 9.86. The first kappa shape index (κ1) is 17.5. The van der Waals surface area contributed by atoms with Crippen molar-refractivity contribution in [1.29, 1.82) is 0 Å². The Bertz CT molecular complexity index is 1200. The molecular formula is C21H19N5O2. The number of anilines is 1. The van der Waals surface area contributed by atoms with E-state index in [1.54, 1.807) is 17.8 Å². The monoisotopic (exact) mass is 373 g/mol. The fourth-order valence-electron chi connectivity index (χ4n) is 3.13. The minimum atomic E-state index is -0.320. The molecule has 0 fully saturated rings. The second-order valence-corrected chi connectivity index (χ2v) is 6.18. The molecular weight excluding hydrogens is 354 g/mol. The first-order valence-corrected chi connectivity index (χ1v) is 8.74. The zero-order chi connectivity index (χ0) is 19.7. The average Bonchev–Trinajstić information content (AvgIpc) is 3.01. The third-order valence-electron chi connectivity index (χ3n) is 4.46. The zero-order valence-electron chi connectivity index (χ0n) is 15.3. The Balaban J connectivity index is 2.01. The number of nitrogens with zero attached hydrogens (tertiary/aromatic N) is 3. The molecule has 140 valence electrons. The standard InChI is InChI=1S/C21H19N5O2/c1-3-12-23-21(27)17-18-20(25-16-7-5-4-6-15(16)24-18)26(19(17)22)13-8-10-14(28-2)11-9-13/h3-11H,1,12,22H2,2H3,(H,23,27). The Morgan fingerprint density at radius 3 is 2.50 bits per heavy atom. The largest absolute Gasteiger partial charge is 0.497 e. The fraction of sp³-hybridized carbons (Fsp3) is 0.0952. The lowest BCUT2D eigenvalue weighted by atomic mass is 10.2. The minimum Gasteiger partial charge on any atom is -0.497 e. The van der Waals surface area contributed by atoms with Gasteiger partial charge in [-0.3, -0.25) is 9.36 Å². The predicted octanol–water partition coefficient (Wildman–Crippen LogP) is 3.08. The Labute approximate surface area is 161 Å². The Morgan fingerprint density at radius 2 is 1.86 bits per heavy atom. The number of aromatic nitrogens is 3. The first-order valence-electron chi connectivity index (χ1n) is 8.74. The van der Waals surface area contributed by atoms with Gasteiger partial charge in [-0.05, 0) is 36.4 Å².